The molecule has 1 N–H and O–H groups in total. The van der Waals surface area contributed by atoms with Gasteiger partial charge >= 0.3 is 6.09 Å². The van der Waals surface area contributed by atoms with Crippen molar-refractivity contribution < 1.29 is 32.7 Å². The quantitative estimate of drug-likeness (QED) is 0.407. The first-order chi connectivity index (χ1) is 20.1. The van der Waals surface area contributed by atoms with Crippen LogP contribution in [0.2, 0.25) is 0 Å². The Morgan fingerprint density at radius 1 is 1.14 bits per heavy atom. The minimum absolute atomic E-state index is 0.0304. The summed E-state index contributed by atoms with van der Waals surface area (Å²) in [5, 5.41) is 2.64. The van der Waals surface area contributed by atoms with Crippen LogP contribution in [0.25, 0.3) is 5.78 Å². The van der Waals surface area contributed by atoms with Crippen LogP contribution in [0, 0.1) is 11.6 Å². The molecule has 12 nitrogen and oxygen atoms in total. The number of cyclic esters (lactones) is 1. The number of nitrogens with zero attached hydrogens (tertiary/aromatic N) is 6. The fourth-order valence-corrected chi connectivity index (χ4v) is 5.09. The topological polar surface area (TPSA) is 129 Å². The maximum absolute atomic E-state index is 15.2. The first-order valence-corrected chi connectivity index (χ1v) is 13.8. The first-order valence-electron chi connectivity index (χ1n) is 13.8. The van der Waals surface area contributed by atoms with Gasteiger partial charge in [0.15, 0.2) is 11.6 Å². The molecule has 0 unspecified atom stereocenters. The molecule has 0 aliphatic carbocycles. The Bertz CT molecular complexity index is 1470. The molecular formula is C28H31F2N7O5. The van der Waals surface area contributed by atoms with E-state index in [1.165, 1.54) is 16.0 Å². The molecular weight excluding hydrogens is 552 g/mol. The lowest BCUT2D eigenvalue weighted by Crippen LogP contribution is -2.54. The van der Waals surface area contributed by atoms with Crippen LogP contribution in [-0.4, -0.2) is 87.8 Å². The van der Waals surface area contributed by atoms with Gasteiger partial charge < -0.3 is 19.9 Å². The van der Waals surface area contributed by atoms with Crippen molar-refractivity contribution in [1.82, 2.24) is 24.6 Å². The number of benzene rings is 1. The number of imidazole rings is 1. The SMILES string of the molecule is CCC(=O)CC[C@H]1CN(c2cc(F)c(N3CCN(C(=O)[C@H](C)NC(=O)c4cn5cccnc5n4)CC3)c(F)c2)C(=O)O1. The molecule has 1 aromatic carbocycles. The van der Waals surface area contributed by atoms with Gasteiger partial charge in [0, 0.05) is 69.7 Å². The van der Waals surface area contributed by atoms with Crippen molar-refractivity contribution >= 4 is 40.8 Å². The van der Waals surface area contributed by atoms with E-state index in [1.54, 1.807) is 36.7 Å². The lowest BCUT2D eigenvalue weighted by molar-refractivity contribution is -0.133. The van der Waals surface area contributed by atoms with E-state index in [-0.39, 0.29) is 67.9 Å². The summed E-state index contributed by atoms with van der Waals surface area (Å²) in [5.74, 6) is -2.13. The molecule has 2 saturated heterocycles. The van der Waals surface area contributed by atoms with E-state index in [1.807, 2.05) is 0 Å². The maximum atomic E-state index is 15.2. The molecule has 2 aliphatic heterocycles. The highest BCUT2D eigenvalue weighted by molar-refractivity contribution is 5.96. The lowest BCUT2D eigenvalue weighted by Gasteiger charge is -2.37. The lowest BCUT2D eigenvalue weighted by atomic mass is 10.1. The number of ketones is 1. The highest BCUT2D eigenvalue weighted by Crippen LogP contribution is 2.32. The summed E-state index contributed by atoms with van der Waals surface area (Å²) < 4.78 is 37.3. The van der Waals surface area contributed by atoms with Crippen molar-refractivity contribution in [3.05, 3.63) is 54.1 Å². The van der Waals surface area contributed by atoms with Crippen LogP contribution in [-0.2, 0) is 14.3 Å². The van der Waals surface area contributed by atoms with Gasteiger partial charge in [-0.1, -0.05) is 6.92 Å². The van der Waals surface area contributed by atoms with Gasteiger partial charge in [0.1, 0.15) is 29.3 Å². The molecule has 3 aromatic rings. The van der Waals surface area contributed by atoms with Gasteiger partial charge in [0.05, 0.1) is 12.2 Å². The molecule has 2 aliphatic rings. The first kappa shape index (κ1) is 28.9. The molecule has 2 atom stereocenters. The standard InChI is InChI=1S/C28H31F2N7O5/c1-3-19(38)5-6-20-15-37(28(41)42-20)18-13-21(29)24(22(30)14-18)34-9-11-35(12-10-34)26(40)17(2)32-25(39)23-16-36-8-4-7-31-27(36)33-23/h4,7-8,13-14,16-17,20H,3,5-6,9-12,15H2,1-2H3,(H,32,39)/t17-,20-/m0/s1. The van der Waals surface area contributed by atoms with Gasteiger partial charge in [-0.3, -0.25) is 23.7 Å². The van der Waals surface area contributed by atoms with Crippen LogP contribution in [0.4, 0.5) is 25.0 Å². The van der Waals surface area contributed by atoms with Crippen molar-refractivity contribution in [2.24, 2.45) is 0 Å². The van der Waals surface area contributed by atoms with E-state index in [0.717, 1.165) is 17.0 Å². The second-order valence-corrected chi connectivity index (χ2v) is 10.3. The fourth-order valence-electron chi connectivity index (χ4n) is 5.09. The van der Waals surface area contributed by atoms with Crippen LogP contribution >= 0.6 is 0 Å². The number of fused-ring (bicyclic) bond motifs is 1. The van der Waals surface area contributed by atoms with E-state index in [0.29, 0.717) is 18.6 Å². The predicted molar refractivity (Wildman–Crippen MR) is 147 cm³/mol. The highest BCUT2D eigenvalue weighted by Gasteiger charge is 2.34. The van der Waals surface area contributed by atoms with Crippen molar-refractivity contribution in [3.8, 4) is 0 Å². The zero-order chi connectivity index (χ0) is 30.0. The molecule has 14 heteroatoms. The molecule has 0 bridgehead atoms. The number of halogens is 2. The molecule has 0 spiro atoms. The summed E-state index contributed by atoms with van der Waals surface area (Å²) in [6, 6.07) is 3.03. The Morgan fingerprint density at radius 2 is 1.86 bits per heavy atom. The molecule has 2 aromatic heterocycles. The molecule has 2 fully saturated rings. The van der Waals surface area contributed by atoms with Gasteiger partial charge in [-0.25, -0.2) is 23.5 Å². The summed E-state index contributed by atoms with van der Waals surface area (Å²) in [5.41, 5.74) is -0.0926. The smallest absolute Gasteiger partial charge is 0.414 e. The fraction of sp³-hybridized carbons (Fsp3) is 0.429. The van der Waals surface area contributed by atoms with Gasteiger partial charge in [0.2, 0.25) is 11.7 Å². The largest absolute Gasteiger partial charge is 0.444 e. The Kier molecular flexibility index (Phi) is 8.31. The van der Waals surface area contributed by atoms with E-state index < -0.39 is 35.8 Å². The number of Topliss-reactive ketones (excluding diaryl/α,β-unsaturated/α-hetero) is 1. The average Bonchev–Trinajstić information content (AvgIpc) is 3.59. The van der Waals surface area contributed by atoms with E-state index in [9.17, 15) is 19.2 Å². The third kappa shape index (κ3) is 6.02. The molecule has 3 amide bonds. The number of anilines is 2. The molecule has 5 rings (SSSR count). The second kappa shape index (κ2) is 12.1. The van der Waals surface area contributed by atoms with Crippen molar-refractivity contribution in [3.63, 3.8) is 0 Å². The van der Waals surface area contributed by atoms with Crippen LogP contribution < -0.4 is 15.1 Å². The molecule has 42 heavy (non-hydrogen) atoms. The summed E-state index contributed by atoms with van der Waals surface area (Å²) in [7, 11) is 0. The third-order valence-corrected chi connectivity index (χ3v) is 7.42. The zero-order valence-corrected chi connectivity index (χ0v) is 23.3. The van der Waals surface area contributed by atoms with Crippen molar-refractivity contribution in [2.75, 3.05) is 42.5 Å². The number of nitrogens with one attached hydrogen (secondary N) is 1. The van der Waals surface area contributed by atoms with E-state index in [2.05, 4.69) is 15.3 Å². The Balaban J connectivity index is 1.17. The number of hydrogen-bond acceptors (Lipinski definition) is 8. The number of carbonyl (C=O) groups is 4. The zero-order valence-electron chi connectivity index (χ0n) is 23.3. The molecule has 4 heterocycles. The molecule has 0 saturated carbocycles. The number of hydrogen-bond donors (Lipinski definition) is 1. The van der Waals surface area contributed by atoms with Crippen molar-refractivity contribution in [2.45, 2.75) is 45.3 Å². The molecule has 222 valence electrons. The van der Waals surface area contributed by atoms with E-state index in [4.69, 9.17) is 4.74 Å². The Morgan fingerprint density at radius 3 is 2.52 bits per heavy atom. The maximum Gasteiger partial charge on any atom is 0.414 e. The number of rotatable bonds is 9. The van der Waals surface area contributed by atoms with Crippen LogP contribution in [0.15, 0.2) is 36.8 Å². The predicted octanol–water partition coefficient (Wildman–Crippen LogP) is 2.56. The van der Waals surface area contributed by atoms with Crippen molar-refractivity contribution in [1.29, 1.82) is 0 Å². The minimum atomic E-state index is -0.848. The van der Waals surface area contributed by atoms with Crippen LogP contribution in [0.5, 0.6) is 0 Å². The van der Waals surface area contributed by atoms with Crippen LogP contribution in [0.3, 0.4) is 0 Å². The Labute approximate surface area is 240 Å². The number of carbonyl (C=O) groups excluding carboxylic acids is 4. The van der Waals surface area contributed by atoms with E-state index >= 15 is 8.78 Å². The van der Waals surface area contributed by atoms with Gasteiger partial charge in [-0.15, -0.1) is 0 Å². The Hall–Kier alpha value is -4.62. The summed E-state index contributed by atoms with van der Waals surface area (Å²) in [6.07, 6.45) is 4.53. The number of piperazine rings is 1. The highest BCUT2D eigenvalue weighted by atomic mass is 19.1. The van der Waals surface area contributed by atoms with Gasteiger partial charge in [0.25, 0.3) is 5.91 Å². The monoisotopic (exact) mass is 583 g/mol. The number of ether oxygens (including phenoxy) is 1. The summed E-state index contributed by atoms with van der Waals surface area (Å²) >= 11 is 0. The summed E-state index contributed by atoms with van der Waals surface area (Å²) in [6.45, 7) is 4.12. The minimum Gasteiger partial charge on any atom is -0.444 e. The second-order valence-electron chi connectivity index (χ2n) is 10.3. The third-order valence-electron chi connectivity index (χ3n) is 7.42. The summed E-state index contributed by atoms with van der Waals surface area (Å²) in [4.78, 5) is 62.0. The number of aromatic nitrogens is 3. The van der Waals surface area contributed by atoms with Gasteiger partial charge in [-0.2, -0.15) is 0 Å². The number of amides is 3. The normalized spacial score (nSPS) is 17.9. The molecule has 0 radical (unpaired) electrons. The van der Waals surface area contributed by atoms with Crippen LogP contribution in [0.1, 0.15) is 43.6 Å². The van der Waals surface area contributed by atoms with Gasteiger partial charge in [-0.05, 0) is 19.4 Å². The average molecular weight is 584 g/mol.